The molecule has 0 atom stereocenters. The molecule has 0 fully saturated rings. The lowest BCUT2D eigenvalue weighted by Crippen LogP contribution is -2.15. The van der Waals surface area contributed by atoms with Crippen LogP contribution in [0.2, 0.25) is 0 Å². The van der Waals surface area contributed by atoms with Crippen LogP contribution in [0.1, 0.15) is 23.2 Å². The van der Waals surface area contributed by atoms with Crippen molar-refractivity contribution >= 4 is 27.4 Å². The first kappa shape index (κ1) is 14.0. The van der Waals surface area contributed by atoms with Gasteiger partial charge in [-0.2, -0.15) is 13.2 Å². The summed E-state index contributed by atoms with van der Waals surface area (Å²) in [6.07, 6.45) is -5.39. The Balaban J connectivity index is 2.58. The van der Waals surface area contributed by atoms with Gasteiger partial charge in [-0.1, -0.05) is 0 Å². The van der Waals surface area contributed by atoms with E-state index in [4.69, 9.17) is 0 Å². The minimum absolute atomic E-state index is 0.183. The fourth-order valence-electron chi connectivity index (χ4n) is 1.85. The number of aromatic nitrogens is 2. The zero-order valence-electron chi connectivity index (χ0n) is 10.9. The standard InChI is InChI=1S/C12H14F3N3S/c1-4-16-10-9-6(2)7(3)19-11(9)18-8(17-10)5-12(13,14)15/h4-5H2,1-3H3,(H,16,17,18). The van der Waals surface area contributed by atoms with Gasteiger partial charge in [-0.15, -0.1) is 11.3 Å². The van der Waals surface area contributed by atoms with E-state index in [1.165, 1.54) is 11.3 Å². The fourth-order valence-corrected chi connectivity index (χ4v) is 2.90. The molecule has 2 heterocycles. The van der Waals surface area contributed by atoms with Crippen LogP contribution in [0.25, 0.3) is 10.2 Å². The highest BCUT2D eigenvalue weighted by Gasteiger charge is 2.30. The van der Waals surface area contributed by atoms with Crippen LogP contribution in [0.3, 0.4) is 0 Å². The summed E-state index contributed by atoms with van der Waals surface area (Å²) in [4.78, 5) is 9.71. The predicted molar refractivity (Wildman–Crippen MR) is 70.8 cm³/mol. The molecule has 104 valence electrons. The Hall–Kier alpha value is -1.37. The number of hydrogen-bond donors (Lipinski definition) is 1. The molecule has 0 aromatic carbocycles. The second-order valence-corrected chi connectivity index (χ2v) is 5.48. The maximum atomic E-state index is 12.4. The van der Waals surface area contributed by atoms with Gasteiger partial charge in [0.25, 0.3) is 0 Å². The fraction of sp³-hybridized carbons (Fsp3) is 0.500. The molecule has 19 heavy (non-hydrogen) atoms. The van der Waals surface area contributed by atoms with Gasteiger partial charge in [-0.3, -0.25) is 0 Å². The Kier molecular flexibility index (Phi) is 3.66. The molecule has 0 amide bonds. The zero-order valence-corrected chi connectivity index (χ0v) is 11.7. The maximum absolute atomic E-state index is 12.4. The van der Waals surface area contributed by atoms with Crippen LogP contribution >= 0.6 is 11.3 Å². The summed E-state index contributed by atoms with van der Waals surface area (Å²) in [5.74, 6) is 0.311. The zero-order chi connectivity index (χ0) is 14.2. The molecule has 2 aromatic rings. The number of halogens is 3. The summed E-state index contributed by atoms with van der Waals surface area (Å²) in [6.45, 7) is 6.35. The summed E-state index contributed by atoms with van der Waals surface area (Å²) in [5.41, 5.74) is 1.02. The normalized spacial score (nSPS) is 12.1. The molecule has 7 heteroatoms. The lowest BCUT2D eigenvalue weighted by Gasteiger charge is -2.09. The molecule has 0 aliphatic carbocycles. The summed E-state index contributed by atoms with van der Waals surface area (Å²) in [7, 11) is 0. The molecule has 0 saturated carbocycles. The van der Waals surface area contributed by atoms with Crippen molar-refractivity contribution in [2.75, 3.05) is 11.9 Å². The number of alkyl halides is 3. The van der Waals surface area contributed by atoms with E-state index in [1.807, 2.05) is 20.8 Å². The number of thiophene rings is 1. The largest absolute Gasteiger partial charge is 0.396 e. The van der Waals surface area contributed by atoms with Crippen molar-refractivity contribution in [2.45, 2.75) is 33.4 Å². The van der Waals surface area contributed by atoms with Gasteiger partial charge in [-0.25, -0.2) is 9.97 Å². The highest BCUT2D eigenvalue weighted by molar-refractivity contribution is 7.18. The van der Waals surface area contributed by atoms with Gasteiger partial charge in [0, 0.05) is 11.4 Å². The maximum Gasteiger partial charge on any atom is 0.396 e. The third-order valence-corrected chi connectivity index (χ3v) is 3.88. The first-order chi connectivity index (χ1) is 8.81. The van der Waals surface area contributed by atoms with Gasteiger partial charge < -0.3 is 5.32 Å². The molecule has 0 aliphatic rings. The lowest BCUT2D eigenvalue weighted by atomic mass is 10.2. The number of nitrogens with zero attached hydrogens (tertiary/aromatic N) is 2. The molecular formula is C12H14F3N3S. The van der Waals surface area contributed by atoms with Crippen LogP contribution in [0, 0.1) is 13.8 Å². The van der Waals surface area contributed by atoms with Crippen molar-refractivity contribution < 1.29 is 13.2 Å². The number of hydrogen-bond acceptors (Lipinski definition) is 4. The minimum Gasteiger partial charge on any atom is -0.370 e. The Morgan fingerprint density at radius 2 is 1.89 bits per heavy atom. The number of aryl methyl sites for hydroxylation is 2. The molecule has 0 radical (unpaired) electrons. The Morgan fingerprint density at radius 1 is 1.21 bits per heavy atom. The average molecular weight is 289 g/mol. The molecule has 0 aliphatic heterocycles. The van der Waals surface area contributed by atoms with Crippen molar-refractivity contribution in [3.8, 4) is 0 Å². The van der Waals surface area contributed by atoms with Gasteiger partial charge in [-0.05, 0) is 26.3 Å². The smallest absolute Gasteiger partial charge is 0.370 e. The van der Waals surface area contributed by atoms with Crippen LogP contribution in [0.5, 0.6) is 0 Å². The van der Waals surface area contributed by atoms with Crippen molar-refractivity contribution in [1.82, 2.24) is 9.97 Å². The summed E-state index contributed by atoms with van der Waals surface area (Å²) in [5, 5.41) is 3.85. The van der Waals surface area contributed by atoms with Crippen LogP contribution < -0.4 is 5.32 Å². The topological polar surface area (TPSA) is 37.8 Å². The number of rotatable bonds is 3. The Bertz CT molecular complexity index is 604. The van der Waals surface area contributed by atoms with Crippen molar-refractivity contribution in [3.63, 3.8) is 0 Å². The van der Waals surface area contributed by atoms with Gasteiger partial charge >= 0.3 is 6.18 Å². The van der Waals surface area contributed by atoms with E-state index in [-0.39, 0.29) is 5.82 Å². The minimum atomic E-state index is -4.29. The number of nitrogens with one attached hydrogen (secondary N) is 1. The first-order valence-electron chi connectivity index (χ1n) is 5.89. The molecule has 3 nitrogen and oxygen atoms in total. The van der Waals surface area contributed by atoms with Crippen molar-refractivity contribution in [3.05, 3.63) is 16.3 Å². The van der Waals surface area contributed by atoms with E-state index in [2.05, 4.69) is 15.3 Å². The monoisotopic (exact) mass is 289 g/mol. The molecule has 0 spiro atoms. The lowest BCUT2D eigenvalue weighted by molar-refractivity contribution is -0.128. The second kappa shape index (κ2) is 4.96. The van der Waals surface area contributed by atoms with Gasteiger partial charge in [0.2, 0.25) is 0 Å². The van der Waals surface area contributed by atoms with Crippen molar-refractivity contribution in [2.24, 2.45) is 0 Å². The molecule has 1 N–H and O–H groups in total. The highest BCUT2D eigenvalue weighted by Crippen LogP contribution is 2.34. The Morgan fingerprint density at radius 3 is 2.47 bits per heavy atom. The number of fused-ring (bicyclic) bond motifs is 1. The van der Waals surface area contributed by atoms with E-state index in [9.17, 15) is 13.2 Å². The van der Waals surface area contributed by atoms with E-state index in [1.54, 1.807) is 0 Å². The molecule has 0 saturated heterocycles. The van der Waals surface area contributed by atoms with E-state index in [0.717, 1.165) is 15.8 Å². The number of anilines is 1. The van der Waals surface area contributed by atoms with Crippen molar-refractivity contribution in [1.29, 1.82) is 0 Å². The SMILES string of the molecule is CCNc1nc(CC(F)(F)F)nc2sc(C)c(C)c12. The second-order valence-electron chi connectivity index (χ2n) is 4.27. The molecule has 2 aromatic heterocycles. The van der Waals surface area contributed by atoms with E-state index in [0.29, 0.717) is 17.2 Å². The molecular weight excluding hydrogens is 275 g/mol. The highest BCUT2D eigenvalue weighted by atomic mass is 32.1. The summed E-state index contributed by atoms with van der Waals surface area (Å²) < 4.78 is 37.3. The van der Waals surface area contributed by atoms with Gasteiger partial charge in [0.05, 0.1) is 5.39 Å². The van der Waals surface area contributed by atoms with Crippen LogP contribution in [-0.4, -0.2) is 22.7 Å². The predicted octanol–water partition coefficient (Wildman–Crippen LogP) is 3.84. The average Bonchev–Trinajstić information content (AvgIpc) is 2.52. The van der Waals surface area contributed by atoms with Crippen LogP contribution in [0.4, 0.5) is 19.0 Å². The summed E-state index contributed by atoms with van der Waals surface area (Å²) >= 11 is 1.40. The van der Waals surface area contributed by atoms with E-state index < -0.39 is 12.6 Å². The quantitative estimate of drug-likeness (QED) is 0.932. The van der Waals surface area contributed by atoms with Gasteiger partial charge in [0.1, 0.15) is 22.9 Å². The van der Waals surface area contributed by atoms with Gasteiger partial charge in [0.15, 0.2) is 0 Å². The van der Waals surface area contributed by atoms with Crippen LogP contribution in [0.15, 0.2) is 0 Å². The third kappa shape index (κ3) is 2.97. The molecule has 2 rings (SSSR count). The first-order valence-corrected chi connectivity index (χ1v) is 6.70. The summed E-state index contributed by atoms with van der Waals surface area (Å²) in [6, 6.07) is 0. The molecule has 0 bridgehead atoms. The third-order valence-electron chi connectivity index (χ3n) is 2.78. The molecule has 0 unspecified atom stereocenters. The van der Waals surface area contributed by atoms with Crippen LogP contribution in [-0.2, 0) is 6.42 Å². The van der Waals surface area contributed by atoms with E-state index >= 15 is 0 Å². The Labute approximate surface area is 112 Å².